The van der Waals surface area contributed by atoms with Crippen molar-refractivity contribution >= 4 is 56.5 Å². The number of aryl methyl sites for hydroxylation is 2. The van der Waals surface area contributed by atoms with Gasteiger partial charge in [0.1, 0.15) is 10.0 Å². The van der Waals surface area contributed by atoms with Crippen LogP contribution in [0.2, 0.25) is 0 Å². The number of aromatic nitrogens is 4. The van der Waals surface area contributed by atoms with Crippen LogP contribution < -0.4 is 10.2 Å². The number of amides is 2. The van der Waals surface area contributed by atoms with E-state index in [0.29, 0.717) is 10.3 Å². The highest BCUT2D eigenvalue weighted by Gasteiger charge is 2.16. The largest absolute Gasteiger partial charge is 0.300 e. The van der Waals surface area contributed by atoms with Gasteiger partial charge in [-0.25, -0.2) is 0 Å². The van der Waals surface area contributed by atoms with Gasteiger partial charge >= 0.3 is 0 Å². The summed E-state index contributed by atoms with van der Waals surface area (Å²) < 4.78 is 0. The molecule has 1 N–H and O–H groups in total. The zero-order chi connectivity index (χ0) is 27.8. The molecule has 8 nitrogen and oxygen atoms in total. The fraction of sp³-hybridized carbons (Fsp3) is 0.333. The second-order valence-electron chi connectivity index (χ2n) is 7.88. The number of hydrogen-bond acceptors (Lipinski definition) is 9. The molecular formula is C27H34N6O2S3. The Labute approximate surface area is 237 Å². The minimum atomic E-state index is -0.126. The molecule has 0 saturated heterocycles. The first-order valence-electron chi connectivity index (χ1n) is 12.1. The summed E-state index contributed by atoms with van der Waals surface area (Å²) in [5.41, 5.74) is 1.76. The molecule has 0 saturated carbocycles. The lowest BCUT2D eigenvalue weighted by Gasteiger charge is -2.13. The van der Waals surface area contributed by atoms with Gasteiger partial charge in [-0.2, -0.15) is 11.8 Å². The topological polar surface area (TPSA) is 101 Å². The second kappa shape index (κ2) is 17.4. The van der Waals surface area contributed by atoms with Crippen molar-refractivity contribution in [1.29, 1.82) is 0 Å². The predicted molar refractivity (Wildman–Crippen MR) is 162 cm³/mol. The summed E-state index contributed by atoms with van der Waals surface area (Å²) in [6.07, 6.45) is 16.7. The summed E-state index contributed by atoms with van der Waals surface area (Å²) in [6, 6.07) is 0. The lowest BCUT2D eigenvalue weighted by molar-refractivity contribution is -0.117. The Bertz CT molecular complexity index is 1210. The van der Waals surface area contributed by atoms with Crippen molar-refractivity contribution in [3.63, 3.8) is 0 Å². The molecule has 2 rings (SSSR count). The molecule has 11 heteroatoms. The monoisotopic (exact) mass is 570 g/mol. The van der Waals surface area contributed by atoms with Crippen LogP contribution in [0.1, 0.15) is 36.7 Å². The van der Waals surface area contributed by atoms with E-state index in [0.717, 1.165) is 45.5 Å². The Hall–Kier alpha value is -3.15. The van der Waals surface area contributed by atoms with E-state index in [2.05, 4.69) is 38.9 Å². The van der Waals surface area contributed by atoms with Crippen molar-refractivity contribution in [3.8, 4) is 0 Å². The number of nitrogens with one attached hydrogen (secondary N) is 1. The average Bonchev–Trinajstić information content (AvgIpc) is 3.57. The summed E-state index contributed by atoms with van der Waals surface area (Å²) in [4.78, 5) is 26.4. The summed E-state index contributed by atoms with van der Waals surface area (Å²) >= 11 is 4.62. The van der Waals surface area contributed by atoms with Crippen LogP contribution in [0.15, 0.2) is 72.9 Å². The van der Waals surface area contributed by atoms with Gasteiger partial charge in [-0.15, -0.1) is 20.4 Å². The first-order chi connectivity index (χ1) is 18.4. The fourth-order valence-electron chi connectivity index (χ4n) is 2.92. The van der Waals surface area contributed by atoms with Gasteiger partial charge in [-0.05, 0) is 36.5 Å². The first kappa shape index (κ1) is 31.1. The van der Waals surface area contributed by atoms with Gasteiger partial charge in [0.15, 0.2) is 0 Å². The lowest BCUT2D eigenvalue weighted by atomic mass is 10.1. The summed E-state index contributed by atoms with van der Waals surface area (Å²) in [5.74, 6) is 1.58. The lowest BCUT2D eigenvalue weighted by Crippen LogP contribution is -2.26. The minimum absolute atomic E-state index is 0.0582. The van der Waals surface area contributed by atoms with Crippen LogP contribution in [0.25, 0.3) is 0 Å². The van der Waals surface area contributed by atoms with Crippen LogP contribution in [0.5, 0.6) is 0 Å². The zero-order valence-electron chi connectivity index (χ0n) is 22.1. The molecule has 0 spiro atoms. The molecular weight excluding hydrogens is 537 g/mol. The van der Waals surface area contributed by atoms with E-state index in [4.69, 9.17) is 0 Å². The highest BCUT2D eigenvalue weighted by Crippen LogP contribution is 2.23. The number of anilines is 2. The Kier molecular flexibility index (Phi) is 14.2. The Morgan fingerprint density at radius 1 is 0.974 bits per heavy atom. The number of carbonyl (C=O) groups is 2. The maximum Gasteiger partial charge on any atom is 0.232 e. The van der Waals surface area contributed by atoms with E-state index >= 15 is 0 Å². The number of hydrogen-bond donors (Lipinski definition) is 1. The average molecular weight is 571 g/mol. The minimum Gasteiger partial charge on any atom is -0.300 e. The van der Waals surface area contributed by atoms with E-state index in [9.17, 15) is 9.59 Å². The zero-order valence-corrected chi connectivity index (χ0v) is 24.5. The third kappa shape index (κ3) is 11.1. The van der Waals surface area contributed by atoms with E-state index < -0.39 is 0 Å². The van der Waals surface area contributed by atoms with E-state index in [-0.39, 0.29) is 24.7 Å². The summed E-state index contributed by atoms with van der Waals surface area (Å²) in [6.45, 7) is 11.2. The molecule has 2 amide bonds. The summed E-state index contributed by atoms with van der Waals surface area (Å²) in [7, 11) is 1.72. The number of thioether (sulfide) groups is 1. The molecule has 2 aromatic rings. The highest BCUT2D eigenvalue weighted by atomic mass is 32.2. The SMILES string of the molecule is C=C/C=C\C(=C/C)CC(=O)Nc1nnc(CCSCCc2nnc(N(C)C(=O)C/C(C=C)=C/C=C\C)s2)s1. The van der Waals surface area contributed by atoms with Crippen LogP contribution >= 0.6 is 34.4 Å². The third-order valence-corrected chi connectivity index (χ3v) is 8.00. The van der Waals surface area contributed by atoms with Crippen molar-refractivity contribution < 1.29 is 9.59 Å². The van der Waals surface area contributed by atoms with Crippen LogP contribution in [0.3, 0.4) is 0 Å². The van der Waals surface area contributed by atoms with E-state index in [1.165, 1.54) is 22.7 Å². The van der Waals surface area contributed by atoms with E-state index in [1.54, 1.807) is 41.9 Å². The van der Waals surface area contributed by atoms with Gasteiger partial charge in [0.05, 0.1) is 12.8 Å². The molecule has 0 radical (unpaired) electrons. The molecule has 0 fully saturated rings. The third-order valence-electron chi connectivity index (χ3n) is 5.05. The van der Waals surface area contributed by atoms with Gasteiger partial charge in [-0.1, -0.05) is 84.4 Å². The molecule has 202 valence electrons. The van der Waals surface area contributed by atoms with Crippen LogP contribution in [0, 0.1) is 0 Å². The Morgan fingerprint density at radius 3 is 2.34 bits per heavy atom. The normalized spacial score (nSPS) is 12.3. The van der Waals surface area contributed by atoms with Crippen molar-refractivity contribution in [3.05, 3.63) is 82.9 Å². The fourth-order valence-corrected chi connectivity index (χ4v) is 5.63. The molecule has 0 aliphatic carbocycles. The molecule has 2 aromatic heterocycles. The molecule has 0 bridgehead atoms. The van der Waals surface area contributed by atoms with Crippen molar-refractivity contribution in [2.45, 2.75) is 39.5 Å². The molecule has 2 heterocycles. The Balaban J connectivity index is 1.72. The number of rotatable bonds is 16. The van der Waals surface area contributed by atoms with Gasteiger partial charge in [0.2, 0.25) is 22.1 Å². The molecule has 0 aliphatic heterocycles. The maximum absolute atomic E-state index is 12.6. The molecule has 38 heavy (non-hydrogen) atoms. The molecule has 0 atom stereocenters. The van der Waals surface area contributed by atoms with Crippen molar-refractivity contribution in [1.82, 2.24) is 20.4 Å². The van der Waals surface area contributed by atoms with Crippen molar-refractivity contribution in [2.24, 2.45) is 0 Å². The molecule has 0 aromatic carbocycles. The quantitative estimate of drug-likeness (QED) is 0.196. The maximum atomic E-state index is 12.6. The Morgan fingerprint density at radius 2 is 1.68 bits per heavy atom. The molecule has 0 unspecified atom stereocenters. The van der Waals surface area contributed by atoms with Gasteiger partial charge in [-0.3, -0.25) is 14.5 Å². The van der Waals surface area contributed by atoms with Gasteiger partial charge < -0.3 is 5.32 Å². The van der Waals surface area contributed by atoms with Crippen LogP contribution in [-0.2, 0) is 22.4 Å². The smallest absolute Gasteiger partial charge is 0.232 e. The molecule has 0 aliphatic rings. The summed E-state index contributed by atoms with van der Waals surface area (Å²) in [5, 5.41) is 22.4. The van der Waals surface area contributed by atoms with Crippen LogP contribution in [0.4, 0.5) is 10.3 Å². The van der Waals surface area contributed by atoms with Gasteiger partial charge in [0, 0.05) is 19.9 Å². The van der Waals surface area contributed by atoms with Crippen molar-refractivity contribution in [2.75, 3.05) is 28.8 Å². The second-order valence-corrected chi connectivity index (χ2v) is 11.2. The number of nitrogens with zero attached hydrogens (tertiary/aromatic N) is 5. The number of carbonyl (C=O) groups excluding carboxylic acids is 2. The van der Waals surface area contributed by atoms with Crippen LogP contribution in [-0.4, -0.2) is 50.8 Å². The standard InChI is InChI=1S/C27H34N6O2S3/c1-6-10-12-20(8-3)18-22(34)28-26-31-29-23(37-26)14-16-36-17-15-24-30-32-27(38-24)33(5)25(35)19-21(9-4)13-11-7-2/h6-13H,1,4,14-19H2,2-3,5H3,(H,28,31,34)/b11-7-,12-10-,20-8+,21-13+. The van der Waals surface area contributed by atoms with E-state index in [1.807, 2.05) is 44.2 Å². The highest BCUT2D eigenvalue weighted by molar-refractivity contribution is 7.99. The van der Waals surface area contributed by atoms with Gasteiger partial charge in [0.25, 0.3) is 0 Å². The first-order valence-corrected chi connectivity index (χ1v) is 14.9. The predicted octanol–water partition coefficient (Wildman–Crippen LogP) is 5.97. The number of allylic oxidation sites excluding steroid dienone is 8.